The Morgan fingerprint density at radius 3 is 2.53 bits per heavy atom. The smallest absolute Gasteiger partial charge is 0.266 e. The van der Waals surface area contributed by atoms with Crippen LogP contribution in [0.15, 0.2) is 42.9 Å². The highest BCUT2D eigenvalue weighted by Crippen LogP contribution is 2.40. The number of hydrogen-bond donors (Lipinski definition) is 1. The quantitative estimate of drug-likeness (QED) is 0.582. The molecule has 1 fully saturated rings. The molecule has 1 aliphatic heterocycles. The van der Waals surface area contributed by atoms with E-state index in [1.54, 1.807) is 0 Å². The number of hydrogen-bond acceptors (Lipinski definition) is 6. The molecule has 174 valence electrons. The maximum atomic E-state index is 14.8. The van der Waals surface area contributed by atoms with Gasteiger partial charge in [0.25, 0.3) is 11.8 Å². The fourth-order valence-electron chi connectivity index (χ4n) is 3.70. The first-order valence-electron chi connectivity index (χ1n) is 10.6. The average molecular weight is 466 g/mol. The van der Waals surface area contributed by atoms with Crippen molar-refractivity contribution in [2.45, 2.75) is 32.1 Å². The number of halogens is 3. The van der Waals surface area contributed by atoms with E-state index in [1.807, 2.05) is 19.9 Å². The van der Waals surface area contributed by atoms with E-state index in [2.05, 4.69) is 20.3 Å². The molecular weight excluding hydrogens is 445 g/mol. The van der Waals surface area contributed by atoms with Crippen LogP contribution in [0.4, 0.5) is 24.7 Å². The van der Waals surface area contributed by atoms with Crippen molar-refractivity contribution in [3.05, 3.63) is 65.6 Å². The van der Waals surface area contributed by atoms with Crippen molar-refractivity contribution >= 4 is 17.4 Å². The summed E-state index contributed by atoms with van der Waals surface area (Å²) in [6.07, 6.45) is 3.73. The first-order valence-corrected chi connectivity index (χ1v) is 10.6. The van der Waals surface area contributed by atoms with Crippen LogP contribution in [-0.4, -0.2) is 39.9 Å². The Kier molecular flexibility index (Phi) is 6.20. The van der Waals surface area contributed by atoms with E-state index in [0.717, 1.165) is 6.07 Å². The van der Waals surface area contributed by atoms with Gasteiger partial charge in [0.2, 0.25) is 0 Å². The van der Waals surface area contributed by atoms with E-state index in [-0.39, 0.29) is 52.6 Å². The number of carbonyl (C=O) groups is 1. The molecule has 0 saturated carbocycles. The minimum atomic E-state index is -2.91. The Hall–Kier alpha value is -4.00. The Balaban J connectivity index is 1.80. The van der Waals surface area contributed by atoms with Gasteiger partial charge in [0.05, 0.1) is 29.4 Å². The van der Waals surface area contributed by atoms with E-state index in [9.17, 15) is 23.2 Å². The van der Waals surface area contributed by atoms with Gasteiger partial charge < -0.3 is 10.2 Å². The van der Waals surface area contributed by atoms with Crippen LogP contribution in [-0.2, 0) is 0 Å². The lowest BCUT2D eigenvalue weighted by atomic mass is 10.0. The van der Waals surface area contributed by atoms with Crippen LogP contribution >= 0.6 is 0 Å². The predicted octanol–water partition coefficient (Wildman–Crippen LogP) is 4.77. The van der Waals surface area contributed by atoms with Crippen molar-refractivity contribution in [1.29, 1.82) is 5.26 Å². The number of anilines is 2. The largest absolute Gasteiger partial charge is 0.349 e. The summed E-state index contributed by atoms with van der Waals surface area (Å²) >= 11 is 0. The lowest BCUT2D eigenvalue weighted by Crippen LogP contribution is -2.27. The number of nitrogens with one attached hydrogen (secondary N) is 1. The monoisotopic (exact) mass is 466 g/mol. The molecule has 0 atom stereocenters. The second-order valence-corrected chi connectivity index (χ2v) is 8.33. The standard InChI is InChI=1S/C24H21F3N6O/c1-14(2)21-30-11-16(12-31-21)23(34)32-20-17(18-9-15(10-28)3-4-19(18)25)5-7-29-22(20)33-8-6-24(26,27)13-33/h3-5,7,9,11-12,14H,6,8,13H2,1-2H3,(H,32,34). The van der Waals surface area contributed by atoms with Crippen LogP contribution in [0.3, 0.4) is 0 Å². The highest BCUT2D eigenvalue weighted by Gasteiger charge is 2.40. The highest BCUT2D eigenvalue weighted by atomic mass is 19.3. The molecule has 3 aromatic rings. The molecule has 0 radical (unpaired) electrons. The Bertz CT molecular complexity index is 1270. The first kappa shape index (κ1) is 23.2. The maximum Gasteiger partial charge on any atom is 0.266 e. The lowest BCUT2D eigenvalue weighted by molar-refractivity contribution is 0.0257. The first-order chi connectivity index (χ1) is 16.2. The van der Waals surface area contributed by atoms with E-state index in [4.69, 9.17) is 0 Å². The average Bonchev–Trinajstić information content (AvgIpc) is 3.19. The maximum absolute atomic E-state index is 14.8. The number of amides is 1. The Morgan fingerprint density at radius 2 is 1.91 bits per heavy atom. The molecule has 0 spiro atoms. The molecule has 4 rings (SSSR count). The van der Waals surface area contributed by atoms with Gasteiger partial charge in [-0.2, -0.15) is 5.26 Å². The molecule has 1 saturated heterocycles. The number of alkyl halides is 2. The number of nitrogens with zero attached hydrogens (tertiary/aromatic N) is 5. The summed E-state index contributed by atoms with van der Waals surface area (Å²) in [7, 11) is 0. The lowest BCUT2D eigenvalue weighted by Gasteiger charge is -2.23. The van der Waals surface area contributed by atoms with Crippen molar-refractivity contribution in [2.24, 2.45) is 0 Å². The predicted molar refractivity (Wildman–Crippen MR) is 120 cm³/mol. The summed E-state index contributed by atoms with van der Waals surface area (Å²) in [5.41, 5.74) is 0.658. The zero-order valence-electron chi connectivity index (χ0n) is 18.5. The number of aromatic nitrogens is 3. The number of nitriles is 1. The zero-order valence-corrected chi connectivity index (χ0v) is 18.5. The van der Waals surface area contributed by atoms with Gasteiger partial charge in [-0.1, -0.05) is 13.8 Å². The summed E-state index contributed by atoms with van der Waals surface area (Å²) < 4.78 is 42.7. The second-order valence-electron chi connectivity index (χ2n) is 8.33. The summed E-state index contributed by atoms with van der Waals surface area (Å²) in [5.74, 6) is -3.43. The molecule has 1 aliphatic rings. The SMILES string of the molecule is CC(C)c1ncc(C(=O)Nc2c(-c3cc(C#N)ccc3F)ccnc2N2CCC(F)(F)C2)cn1. The van der Waals surface area contributed by atoms with Gasteiger partial charge in [-0.3, -0.25) is 4.79 Å². The molecule has 0 bridgehead atoms. The molecule has 1 N–H and O–H groups in total. The van der Waals surface area contributed by atoms with E-state index in [0.29, 0.717) is 5.82 Å². The van der Waals surface area contributed by atoms with Crippen LogP contribution in [0.1, 0.15) is 47.9 Å². The van der Waals surface area contributed by atoms with Gasteiger partial charge in [0, 0.05) is 48.6 Å². The molecule has 0 aliphatic carbocycles. The fourth-order valence-corrected chi connectivity index (χ4v) is 3.70. The normalized spacial score (nSPS) is 14.8. The fraction of sp³-hybridized carbons (Fsp3) is 0.292. The van der Waals surface area contributed by atoms with Crippen molar-refractivity contribution in [2.75, 3.05) is 23.3 Å². The van der Waals surface area contributed by atoms with Gasteiger partial charge >= 0.3 is 0 Å². The zero-order chi connectivity index (χ0) is 24.5. The molecule has 1 aromatic carbocycles. The van der Waals surface area contributed by atoms with Gasteiger partial charge in [-0.15, -0.1) is 0 Å². The van der Waals surface area contributed by atoms with E-state index < -0.39 is 24.2 Å². The number of pyridine rings is 1. The number of carbonyl (C=O) groups excluding carboxylic acids is 1. The molecule has 7 nitrogen and oxygen atoms in total. The summed E-state index contributed by atoms with van der Waals surface area (Å²) in [6.45, 7) is 3.26. The minimum Gasteiger partial charge on any atom is -0.349 e. The van der Waals surface area contributed by atoms with Crippen molar-refractivity contribution in [3.63, 3.8) is 0 Å². The van der Waals surface area contributed by atoms with E-state index >= 15 is 0 Å². The van der Waals surface area contributed by atoms with Crippen LogP contribution < -0.4 is 10.2 Å². The van der Waals surface area contributed by atoms with Crippen molar-refractivity contribution in [1.82, 2.24) is 15.0 Å². The molecular formula is C24H21F3N6O. The van der Waals surface area contributed by atoms with Crippen LogP contribution in [0.2, 0.25) is 0 Å². The summed E-state index contributed by atoms with van der Waals surface area (Å²) in [5, 5.41) is 11.9. The minimum absolute atomic E-state index is 0.0131. The topological polar surface area (TPSA) is 94.8 Å². The molecule has 34 heavy (non-hydrogen) atoms. The van der Waals surface area contributed by atoms with Crippen LogP contribution in [0.25, 0.3) is 11.1 Å². The van der Waals surface area contributed by atoms with Crippen molar-refractivity contribution < 1.29 is 18.0 Å². The third-order valence-corrected chi connectivity index (χ3v) is 5.47. The third kappa shape index (κ3) is 4.69. The van der Waals surface area contributed by atoms with Gasteiger partial charge in [0.1, 0.15) is 11.6 Å². The molecule has 2 aromatic heterocycles. The van der Waals surface area contributed by atoms with Crippen molar-refractivity contribution in [3.8, 4) is 17.2 Å². The van der Waals surface area contributed by atoms with Gasteiger partial charge in [0.15, 0.2) is 5.82 Å². The van der Waals surface area contributed by atoms with Crippen LogP contribution in [0.5, 0.6) is 0 Å². The Labute approximate surface area is 194 Å². The Morgan fingerprint density at radius 1 is 1.18 bits per heavy atom. The summed E-state index contributed by atoms with van der Waals surface area (Å²) in [4.78, 5) is 27.0. The summed E-state index contributed by atoms with van der Waals surface area (Å²) in [6, 6.07) is 7.22. The number of benzene rings is 1. The molecule has 10 heteroatoms. The second kappa shape index (κ2) is 9.09. The van der Waals surface area contributed by atoms with Crippen LogP contribution in [0, 0.1) is 17.1 Å². The molecule has 0 unspecified atom stereocenters. The third-order valence-electron chi connectivity index (χ3n) is 5.47. The van der Waals surface area contributed by atoms with Gasteiger partial charge in [-0.05, 0) is 24.3 Å². The van der Waals surface area contributed by atoms with E-state index in [1.165, 1.54) is 41.7 Å². The molecule has 3 heterocycles. The number of rotatable bonds is 5. The highest BCUT2D eigenvalue weighted by molar-refractivity contribution is 6.08. The van der Waals surface area contributed by atoms with Gasteiger partial charge in [-0.25, -0.2) is 28.1 Å². The molecule has 1 amide bonds.